The largest absolute Gasteiger partial charge is 0.457 e. The van der Waals surface area contributed by atoms with Crippen molar-refractivity contribution >= 4 is 11.6 Å². The summed E-state index contributed by atoms with van der Waals surface area (Å²) in [5, 5.41) is 0. The molecule has 0 spiro atoms. The Labute approximate surface area is 124 Å². The molecule has 21 heavy (non-hydrogen) atoms. The van der Waals surface area contributed by atoms with Crippen molar-refractivity contribution in [3.63, 3.8) is 0 Å². The number of ether oxygens (including phenoxy) is 1. The molecule has 1 atom stereocenters. The summed E-state index contributed by atoms with van der Waals surface area (Å²) in [6.07, 6.45) is 0.418. The van der Waals surface area contributed by atoms with Gasteiger partial charge in [0.25, 0.3) is 0 Å². The van der Waals surface area contributed by atoms with Crippen LogP contribution in [0.25, 0.3) is 0 Å². The molecule has 1 heterocycles. The lowest BCUT2D eigenvalue weighted by atomic mass is 10.2. The second-order valence-corrected chi connectivity index (χ2v) is 5.33. The molecule has 4 heteroatoms. The number of rotatable bonds is 3. The topological polar surface area (TPSA) is 55.6 Å². The van der Waals surface area contributed by atoms with Crippen molar-refractivity contribution < 1.29 is 9.53 Å². The summed E-state index contributed by atoms with van der Waals surface area (Å²) in [4.78, 5) is 13.5. The fraction of sp³-hybridized carbons (Fsp3) is 0.235. The van der Waals surface area contributed by atoms with Gasteiger partial charge >= 0.3 is 0 Å². The van der Waals surface area contributed by atoms with E-state index in [1.54, 1.807) is 4.90 Å². The lowest BCUT2D eigenvalue weighted by molar-refractivity contribution is -0.117. The van der Waals surface area contributed by atoms with Gasteiger partial charge in [-0.25, -0.2) is 0 Å². The van der Waals surface area contributed by atoms with E-state index in [0.717, 1.165) is 22.7 Å². The molecule has 0 bridgehead atoms. The van der Waals surface area contributed by atoms with E-state index in [2.05, 4.69) is 0 Å². The molecule has 108 valence electrons. The molecule has 0 radical (unpaired) electrons. The quantitative estimate of drug-likeness (QED) is 0.941. The molecular weight excluding hydrogens is 264 g/mol. The minimum absolute atomic E-state index is 0.0691. The second kappa shape index (κ2) is 5.58. The van der Waals surface area contributed by atoms with Gasteiger partial charge in [0, 0.05) is 24.7 Å². The van der Waals surface area contributed by atoms with Gasteiger partial charge in [-0.1, -0.05) is 18.2 Å². The highest BCUT2D eigenvalue weighted by molar-refractivity contribution is 5.96. The molecule has 1 fully saturated rings. The van der Waals surface area contributed by atoms with Gasteiger partial charge in [0.2, 0.25) is 5.91 Å². The number of nitrogens with zero attached hydrogens (tertiary/aromatic N) is 1. The van der Waals surface area contributed by atoms with Crippen molar-refractivity contribution in [2.45, 2.75) is 19.4 Å². The molecule has 1 aliphatic heterocycles. The zero-order valence-electron chi connectivity index (χ0n) is 12.0. The number of hydrogen-bond acceptors (Lipinski definition) is 3. The van der Waals surface area contributed by atoms with Crippen LogP contribution in [0.4, 0.5) is 5.69 Å². The van der Waals surface area contributed by atoms with Crippen LogP contribution in [0.3, 0.4) is 0 Å². The van der Waals surface area contributed by atoms with Crippen molar-refractivity contribution in [3.05, 3.63) is 54.1 Å². The number of hydrogen-bond donors (Lipinski definition) is 1. The van der Waals surface area contributed by atoms with Gasteiger partial charge in [-0.05, 0) is 42.8 Å². The molecule has 2 N–H and O–H groups in total. The van der Waals surface area contributed by atoms with E-state index in [1.165, 1.54) is 0 Å². The van der Waals surface area contributed by atoms with Crippen molar-refractivity contribution in [2.24, 2.45) is 5.73 Å². The van der Waals surface area contributed by atoms with Crippen LogP contribution in [0.15, 0.2) is 48.5 Å². The average molecular weight is 282 g/mol. The van der Waals surface area contributed by atoms with E-state index in [0.29, 0.717) is 13.0 Å². The number of aryl methyl sites for hydroxylation is 1. The SMILES string of the molecule is Cc1ccccc1Oc1ccc(N2CC(N)CC2=O)cc1. The summed E-state index contributed by atoms with van der Waals surface area (Å²) in [7, 11) is 0. The van der Waals surface area contributed by atoms with E-state index in [-0.39, 0.29) is 11.9 Å². The van der Waals surface area contributed by atoms with E-state index in [1.807, 2.05) is 55.5 Å². The summed E-state index contributed by atoms with van der Waals surface area (Å²) >= 11 is 0. The maximum Gasteiger partial charge on any atom is 0.228 e. The number of carbonyl (C=O) groups excluding carboxylic acids is 1. The summed E-state index contributed by atoms with van der Waals surface area (Å²) < 4.78 is 5.85. The summed E-state index contributed by atoms with van der Waals surface area (Å²) in [6, 6.07) is 15.3. The molecule has 3 rings (SSSR count). The first kappa shape index (κ1) is 13.6. The van der Waals surface area contributed by atoms with Crippen molar-refractivity contribution in [1.29, 1.82) is 0 Å². The van der Waals surface area contributed by atoms with E-state index >= 15 is 0 Å². The average Bonchev–Trinajstić information content (AvgIpc) is 2.81. The minimum atomic E-state index is -0.0691. The highest BCUT2D eigenvalue weighted by atomic mass is 16.5. The Balaban J connectivity index is 1.76. The van der Waals surface area contributed by atoms with Crippen molar-refractivity contribution in [2.75, 3.05) is 11.4 Å². The van der Waals surface area contributed by atoms with Crippen LogP contribution in [-0.4, -0.2) is 18.5 Å². The second-order valence-electron chi connectivity index (χ2n) is 5.33. The van der Waals surface area contributed by atoms with E-state index in [9.17, 15) is 4.79 Å². The van der Waals surface area contributed by atoms with Crippen LogP contribution in [0, 0.1) is 6.92 Å². The van der Waals surface area contributed by atoms with Crippen LogP contribution >= 0.6 is 0 Å². The third kappa shape index (κ3) is 2.90. The molecule has 0 saturated carbocycles. The normalized spacial score (nSPS) is 18.1. The third-order valence-corrected chi connectivity index (χ3v) is 3.62. The highest BCUT2D eigenvalue weighted by Crippen LogP contribution is 2.28. The van der Waals surface area contributed by atoms with Gasteiger partial charge in [0.1, 0.15) is 11.5 Å². The molecule has 1 aliphatic rings. The third-order valence-electron chi connectivity index (χ3n) is 3.62. The van der Waals surface area contributed by atoms with Crippen LogP contribution < -0.4 is 15.4 Å². The molecular formula is C17H18N2O2. The Bertz CT molecular complexity index is 652. The van der Waals surface area contributed by atoms with Crippen LogP contribution in [0.5, 0.6) is 11.5 Å². The minimum Gasteiger partial charge on any atom is -0.457 e. The molecule has 0 aromatic heterocycles. The highest BCUT2D eigenvalue weighted by Gasteiger charge is 2.27. The summed E-state index contributed by atoms with van der Waals surface area (Å²) in [5.74, 6) is 1.67. The number of para-hydroxylation sites is 1. The predicted molar refractivity (Wildman–Crippen MR) is 82.6 cm³/mol. The Morgan fingerprint density at radius 1 is 1.14 bits per heavy atom. The predicted octanol–water partition coefficient (Wildman–Crippen LogP) is 2.85. The number of carbonyl (C=O) groups is 1. The molecule has 1 unspecified atom stereocenters. The Hall–Kier alpha value is -2.33. The van der Waals surface area contributed by atoms with Gasteiger partial charge < -0.3 is 15.4 Å². The molecule has 2 aromatic rings. The van der Waals surface area contributed by atoms with Gasteiger partial charge in [-0.2, -0.15) is 0 Å². The van der Waals surface area contributed by atoms with Crippen LogP contribution in [-0.2, 0) is 4.79 Å². The van der Waals surface area contributed by atoms with Gasteiger partial charge in [-0.15, -0.1) is 0 Å². The lowest BCUT2D eigenvalue weighted by Crippen LogP contribution is -2.27. The van der Waals surface area contributed by atoms with Gasteiger partial charge in [0.15, 0.2) is 0 Å². The maximum absolute atomic E-state index is 11.8. The van der Waals surface area contributed by atoms with E-state index < -0.39 is 0 Å². The molecule has 1 amide bonds. The monoisotopic (exact) mass is 282 g/mol. The Morgan fingerprint density at radius 2 is 1.86 bits per heavy atom. The first-order valence-corrected chi connectivity index (χ1v) is 7.03. The molecule has 0 aliphatic carbocycles. The summed E-state index contributed by atoms with van der Waals surface area (Å²) in [6.45, 7) is 2.59. The summed E-state index contributed by atoms with van der Waals surface area (Å²) in [5.41, 5.74) is 7.77. The number of benzene rings is 2. The zero-order chi connectivity index (χ0) is 14.8. The van der Waals surface area contributed by atoms with Gasteiger partial charge in [0.05, 0.1) is 0 Å². The zero-order valence-corrected chi connectivity index (χ0v) is 12.0. The smallest absolute Gasteiger partial charge is 0.228 e. The first-order valence-electron chi connectivity index (χ1n) is 7.03. The maximum atomic E-state index is 11.8. The van der Waals surface area contributed by atoms with Crippen molar-refractivity contribution in [1.82, 2.24) is 0 Å². The van der Waals surface area contributed by atoms with Crippen LogP contribution in [0.1, 0.15) is 12.0 Å². The number of anilines is 1. The lowest BCUT2D eigenvalue weighted by Gasteiger charge is -2.16. The molecule has 1 saturated heterocycles. The Kier molecular flexibility index (Phi) is 3.62. The van der Waals surface area contributed by atoms with Crippen LogP contribution in [0.2, 0.25) is 0 Å². The van der Waals surface area contributed by atoms with E-state index in [4.69, 9.17) is 10.5 Å². The standard InChI is InChI=1S/C17H18N2O2/c1-12-4-2-3-5-16(12)21-15-8-6-14(7-9-15)19-11-13(18)10-17(19)20/h2-9,13H,10-11,18H2,1H3. The molecule has 4 nitrogen and oxygen atoms in total. The fourth-order valence-electron chi connectivity index (χ4n) is 2.48. The number of nitrogens with two attached hydrogens (primary N) is 1. The number of amides is 1. The molecule has 2 aromatic carbocycles. The fourth-order valence-corrected chi connectivity index (χ4v) is 2.48. The van der Waals surface area contributed by atoms with Gasteiger partial charge in [-0.3, -0.25) is 4.79 Å². The first-order chi connectivity index (χ1) is 10.1. The Morgan fingerprint density at radius 3 is 2.48 bits per heavy atom. The van der Waals surface area contributed by atoms with Crippen molar-refractivity contribution in [3.8, 4) is 11.5 Å².